The van der Waals surface area contributed by atoms with Gasteiger partial charge in [0.2, 0.25) is 0 Å². The first-order valence-corrected chi connectivity index (χ1v) is 21.8. The number of carbonyl (C=O) groups excluding carboxylic acids is 2. The van der Waals surface area contributed by atoms with E-state index in [4.69, 9.17) is 19.3 Å². The van der Waals surface area contributed by atoms with Gasteiger partial charge in [-0.2, -0.15) is 0 Å². The molecule has 0 radical (unpaired) electrons. The second kappa shape index (κ2) is 38.2. The fourth-order valence-electron chi connectivity index (χ4n) is 5.22. The van der Waals surface area contributed by atoms with E-state index < -0.39 is 32.5 Å². The maximum absolute atomic E-state index is 12.4. The zero-order valence-electron chi connectivity index (χ0n) is 32.7. The minimum Gasteiger partial charge on any atom is -0.462 e. The minimum absolute atomic E-state index is 0.166. The van der Waals surface area contributed by atoms with Crippen molar-refractivity contribution in [3.05, 3.63) is 72.9 Å². The van der Waals surface area contributed by atoms with Crippen molar-refractivity contribution in [2.24, 2.45) is 0 Å². The molecule has 0 amide bonds. The summed E-state index contributed by atoms with van der Waals surface area (Å²) in [6.07, 6.45) is 49.1. The van der Waals surface area contributed by atoms with Gasteiger partial charge in [0, 0.05) is 12.8 Å². The first-order chi connectivity index (χ1) is 25.3. The molecule has 0 saturated carbocycles. The Bertz CT molecular complexity index is 1070. The van der Waals surface area contributed by atoms with Crippen LogP contribution in [0.3, 0.4) is 0 Å². The molecule has 0 aromatic heterocycles. The molecule has 0 saturated heterocycles. The highest BCUT2D eigenvalue weighted by Gasteiger charge is 2.22. The number of allylic oxidation sites excluding steroid dienone is 12. The van der Waals surface area contributed by atoms with Crippen LogP contribution in [-0.2, 0) is 28.2 Å². The Morgan fingerprint density at radius 2 is 0.923 bits per heavy atom. The van der Waals surface area contributed by atoms with Crippen LogP contribution in [0.25, 0.3) is 0 Å². The second-order valence-electron chi connectivity index (χ2n) is 13.2. The quantitative estimate of drug-likeness (QED) is 0.0281. The van der Waals surface area contributed by atoms with Crippen LogP contribution in [0.4, 0.5) is 0 Å². The fraction of sp³-hybridized carbons (Fsp3) is 0.674. The van der Waals surface area contributed by atoms with Crippen molar-refractivity contribution in [2.45, 2.75) is 174 Å². The predicted octanol–water partition coefficient (Wildman–Crippen LogP) is 12.3. The Morgan fingerprint density at radius 1 is 0.519 bits per heavy atom. The molecule has 0 aromatic rings. The van der Waals surface area contributed by atoms with Crippen LogP contribution >= 0.6 is 7.82 Å². The van der Waals surface area contributed by atoms with E-state index in [1.54, 1.807) is 0 Å². The van der Waals surface area contributed by atoms with E-state index in [2.05, 4.69) is 91.3 Å². The smallest absolute Gasteiger partial charge is 0.462 e. The molecule has 0 spiro atoms. The number of hydrogen-bond donors (Lipinski definition) is 2. The molecule has 2 N–H and O–H groups in total. The molecule has 0 aliphatic rings. The second-order valence-corrected chi connectivity index (χ2v) is 14.5. The van der Waals surface area contributed by atoms with Crippen LogP contribution < -0.4 is 0 Å². The molecule has 0 aliphatic carbocycles. The van der Waals surface area contributed by atoms with E-state index in [0.717, 1.165) is 77.0 Å². The predicted molar refractivity (Wildman–Crippen MR) is 216 cm³/mol. The monoisotopic (exact) mass is 749 g/mol. The molecule has 0 aliphatic heterocycles. The molecule has 8 nitrogen and oxygen atoms in total. The summed E-state index contributed by atoms with van der Waals surface area (Å²) in [5.74, 6) is -0.946. The third kappa shape index (κ3) is 40.3. The van der Waals surface area contributed by atoms with Gasteiger partial charge in [-0.05, 0) is 83.5 Å². The van der Waals surface area contributed by atoms with Gasteiger partial charge in [-0.15, -0.1) is 0 Å². The zero-order valence-corrected chi connectivity index (χ0v) is 33.6. The van der Waals surface area contributed by atoms with E-state index in [1.165, 1.54) is 51.4 Å². The Hall–Kier alpha value is -2.51. The van der Waals surface area contributed by atoms with E-state index in [0.29, 0.717) is 12.8 Å². The molecular formula is C43H73O8P. The van der Waals surface area contributed by atoms with E-state index in [1.807, 2.05) is 0 Å². The van der Waals surface area contributed by atoms with Crippen molar-refractivity contribution >= 4 is 19.8 Å². The highest BCUT2D eigenvalue weighted by molar-refractivity contribution is 7.46. The third-order valence-electron chi connectivity index (χ3n) is 8.21. The fourth-order valence-corrected chi connectivity index (χ4v) is 5.58. The number of unbranched alkanes of at least 4 members (excludes halogenated alkanes) is 14. The summed E-state index contributed by atoms with van der Waals surface area (Å²) >= 11 is 0. The molecule has 0 rings (SSSR count). The number of carbonyl (C=O) groups is 2. The minimum atomic E-state index is -4.77. The topological polar surface area (TPSA) is 119 Å². The largest absolute Gasteiger partial charge is 0.469 e. The first kappa shape index (κ1) is 49.5. The molecular weight excluding hydrogens is 675 g/mol. The van der Waals surface area contributed by atoms with Crippen LogP contribution in [0, 0.1) is 0 Å². The molecule has 52 heavy (non-hydrogen) atoms. The number of ether oxygens (including phenoxy) is 2. The summed E-state index contributed by atoms with van der Waals surface area (Å²) < 4.78 is 26.3. The maximum Gasteiger partial charge on any atom is 0.469 e. The van der Waals surface area contributed by atoms with E-state index in [-0.39, 0.29) is 19.4 Å². The maximum atomic E-state index is 12.4. The SMILES string of the molecule is CC/C=C/C/C=C/C/C=C/C/C=C/C/C=C/CCCCCC(=O)O[C@H](COC(=O)CCCCC/C=C/CCCCCCCCCC)COP(=O)(O)O. The summed E-state index contributed by atoms with van der Waals surface area (Å²) in [6, 6.07) is 0. The van der Waals surface area contributed by atoms with Crippen LogP contribution in [0.1, 0.15) is 168 Å². The van der Waals surface area contributed by atoms with Crippen molar-refractivity contribution in [1.29, 1.82) is 0 Å². The van der Waals surface area contributed by atoms with Crippen molar-refractivity contribution in [3.8, 4) is 0 Å². The van der Waals surface area contributed by atoms with Gasteiger partial charge in [-0.25, -0.2) is 4.57 Å². The standard InChI is InChI=1S/C43H73O8P/c1-3-5-7-9-11-13-15-17-19-20-21-22-24-26-28-30-32-34-36-38-43(45)51-41(40-50-52(46,47)48)39-49-42(44)37-35-33-31-29-27-25-23-18-16-14-12-10-8-6-4-2/h5,7,11,13,17,19,21-22,25-28,41H,3-4,6,8-10,12,14-16,18,20,23-24,29-40H2,1-2H3,(H2,46,47,48)/b7-5+,13-11+,19-17+,22-21+,27-25+,28-26+/t41-/m1/s1. The molecule has 298 valence electrons. The van der Waals surface area contributed by atoms with Gasteiger partial charge in [0.15, 0.2) is 6.10 Å². The van der Waals surface area contributed by atoms with Crippen LogP contribution in [0.15, 0.2) is 72.9 Å². The van der Waals surface area contributed by atoms with Crippen molar-refractivity contribution in [1.82, 2.24) is 0 Å². The Labute approximate surface area is 317 Å². The van der Waals surface area contributed by atoms with Gasteiger partial charge in [-0.1, -0.05) is 145 Å². The van der Waals surface area contributed by atoms with Gasteiger partial charge in [0.05, 0.1) is 6.61 Å². The van der Waals surface area contributed by atoms with Crippen LogP contribution in [0.2, 0.25) is 0 Å². The molecule has 9 heteroatoms. The number of hydrogen-bond acceptors (Lipinski definition) is 6. The lowest BCUT2D eigenvalue weighted by Gasteiger charge is -2.18. The number of phosphoric acid groups is 1. The Kier molecular flexibility index (Phi) is 36.4. The lowest BCUT2D eigenvalue weighted by molar-refractivity contribution is -0.161. The number of phosphoric ester groups is 1. The van der Waals surface area contributed by atoms with Crippen LogP contribution in [-0.4, -0.2) is 41.0 Å². The Balaban J connectivity index is 4.05. The zero-order chi connectivity index (χ0) is 38.2. The van der Waals surface area contributed by atoms with E-state index >= 15 is 0 Å². The van der Waals surface area contributed by atoms with E-state index in [9.17, 15) is 14.2 Å². The average Bonchev–Trinajstić information content (AvgIpc) is 3.11. The normalized spacial score (nSPS) is 13.2. The third-order valence-corrected chi connectivity index (χ3v) is 8.69. The first-order valence-electron chi connectivity index (χ1n) is 20.2. The summed E-state index contributed by atoms with van der Waals surface area (Å²) in [5, 5.41) is 0. The van der Waals surface area contributed by atoms with Gasteiger partial charge >= 0.3 is 19.8 Å². The van der Waals surface area contributed by atoms with Crippen molar-refractivity contribution < 1.29 is 37.9 Å². The number of rotatable bonds is 36. The molecule has 0 bridgehead atoms. The molecule has 0 unspecified atom stereocenters. The van der Waals surface area contributed by atoms with Gasteiger partial charge in [0.25, 0.3) is 0 Å². The summed E-state index contributed by atoms with van der Waals surface area (Å²) in [5.41, 5.74) is 0. The number of esters is 2. The van der Waals surface area contributed by atoms with Crippen molar-refractivity contribution in [2.75, 3.05) is 13.2 Å². The molecule has 1 atom stereocenters. The summed E-state index contributed by atoms with van der Waals surface area (Å²) in [7, 11) is -4.77. The summed E-state index contributed by atoms with van der Waals surface area (Å²) in [4.78, 5) is 42.8. The Morgan fingerprint density at radius 3 is 1.40 bits per heavy atom. The average molecular weight is 749 g/mol. The highest BCUT2D eigenvalue weighted by Crippen LogP contribution is 2.36. The molecule has 0 fully saturated rings. The van der Waals surface area contributed by atoms with Crippen LogP contribution in [0.5, 0.6) is 0 Å². The molecule has 0 aromatic carbocycles. The van der Waals surface area contributed by atoms with Gasteiger partial charge in [0.1, 0.15) is 6.61 Å². The summed E-state index contributed by atoms with van der Waals surface area (Å²) in [6.45, 7) is 3.52. The van der Waals surface area contributed by atoms with Crippen molar-refractivity contribution in [3.63, 3.8) is 0 Å². The van der Waals surface area contributed by atoms with Gasteiger partial charge in [-0.3, -0.25) is 14.1 Å². The molecule has 0 heterocycles. The van der Waals surface area contributed by atoms with Gasteiger partial charge < -0.3 is 19.3 Å². The highest BCUT2D eigenvalue weighted by atomic mass is 31.2. The lowest BCUT2D eigenvalue weighted by Crippen LogP contribution is -2.29. The lowest BCUT2D eigenvalue weighted by atomic mass is 10.1.